The van der Waals surface area contributed by atoms with E-state index in [9.17, 15) is 4.79 Å². The van der Waals surface area contributed by atoms with E-state index in [2.05, 4.69) is 21.7 Å². The summed E-state index contributed by atoms with van der Waals surface area (Å²) < 4.78 is 0. The Balaban J connectivity index is 2.04. The third kappa shape index (κ3) is 2.43. The molecule has 1 aliphatic heterocycles. The number of carbonyl (C=O) groups excluding carboxylic acids is 1. The third-order valence-corrected chi connectivity index (χ3v) is 1.88. The Labute approximate surface area is 87.7 Å². The van der Waals surface area contributed by atoms with Gasteiger partial charge in [0.1, 0.15) is 11.5 Å². The number of carbonyl (C=O) groups is 1. The van der Waals surface area contributed by atoms with Gasteiger partial charge in [-0.25, -0.2) is 4.98 Å². The van der Waals surface area contributed by atoms with Gasteiger partial charge in [0.25, 0.3) is 5.91 Å². The number of amides is 1. The van der Waals surface area contributed by atoms with Crippen molar-refractivity contribution in [1.82, 2.24) is 10.3 Å². The van der Waals surface area contributed by atoms with Gasteiger partial charge in [0.15, 0.2) is 0 Å². The molecule has 4 nitrogen and oxygen atoms in total. The molecule has 0 saturated heterocycles. The van der Waals surface area contributed by atoms with Crippen molar-refractivity contribution in [3.05, 3.63) is 48.3 Å². The molecule has 0 spiro atoms. The molecule has 0 fully saturated rings. The van der Waals surface area contributed by atoms with E-state index in [-0.39, 0.29) is 5.91 Å². The van der Waals surface area contributed by atoms with Crippen LogP contribution in [0.3, 0.4) is 0 Å². The van der Waals surface area contributed by atoms with E-state index in [1.54, 1.807) is 24.4 Å². The van der Waals surface area contributed by atoms with Crippen molar-refractivity contribution in [1.29, 1.82) is 0 Å². The topological polar surface area (TPSA) is 54.0 Å². The van der Waals surface area contributed by atoms with E-state index in [4.69, 9.17) is 0 Å². The van der Waals surface area contributed by atoms with Crippen molar-refractivity contribution in [2.45, 2.75) is 0 Å². The zero-order valence-electron chi connectivity index (χ0n) is 8.03. The largest absolute Gasteiger partial charge is 0.377 e. The molecular weight excluding hydrogens is 190 g/mol. The molecule has 0 aromatic carbocycles. The van der Waals surface area contributed by atoms with Gasteiger partial charge in [-0.15, -0.1) is 0 Å². The molecule has 0 unspecified atom stereocenters. The second-order valence-corrected chi connectivity index (χ2v) is 2.97. The van der Waals surface area contributed by atoms with Crippen molar-refractivity contribution >= 4 is 11.7 Å². The SMILES string of the molecule is O=C(Nc1ccccn1)C1=[C]C=CCN1. The van der Waals surface area contributed by atoms with Gasteiger partial charge < -0.3 is 10.6 Å². The number of hydrogen-bond donors (Lipinski definition) is 2. The highest BCUT2D eigenvalue weighted by molar-refractivity contribution is 6.02. The molecule has 0 bridgehead atoms. The number of hydrogen-bond acceptors (Lipinski definition) is 3. The normalized spacial score (nSPS) is 14.0. The molecule has 2 rings (SSSR count). The van der Waals surface area contributed by atoms with E-state index in [0.717, 1.165) is 0 Å². The van der Waals surface area contributed by atoms with E-state index < -0.39 is 0 Å². The van der Waals surface area contributed by atoms with Gasteiger partial charge >= 0.3 is 0 Å². The van der Waals surface area contributed by atoms with Crippen LogP contribution in [0, 0.1) is 6.08 Å². The van der Waals surface area contributed by atoms with Gasteiger partial charge in [0.05, 0.1) is 0 Å². The van der Waals surface area contributed by atoms with Crippen molar-refractivity contribution in [3.8, 4) is 0 Å². The Morgan fingerprint density at radius 1 is 1.53 bits per heavy atom. The first-order valence-electron chi connectivity index (χ1n) is 4.61. The van der Waals surface area contributed by atoms with Gasteiger partial charge in [-0.1, -0.05) is 18.2 Å². The summed E-state index contributed by atoms with van der Waals surface area (Å²) in [6.45, 7) is 0.651. The lowest BCUT2D eigenvalue weighted by Gasteiger charge is -2.10. The smallest absolute Gasteiger partial charge is 0.273 e. The summed E-state index contributed by atoms with van der Waals surface area (Å²) in [5.41, 5.74) is 0.433. The Bertz CT molecular complexity index is 409. The van der Waals surface area contributed by atoms with Crippen molar-refractivity contribution in [3.63, 3.8) is 0 Å². The molecule has 1 aliphatic rings. The third-order valence-electron chi connectivity index (χ3n) is 1.88. The maximum absolute atomic E-state index is 11.6. The van der Waals surface area contributed by atoms with E-state index in [0.29, 0.717) is 18.1 Å². The number of dihydropyridines is 1. The fourth-order valence-electron chi connectivity index (χ4n) is 1.17. The second-order valence-electron chi connectivity index (χ2n) is 2.97. The average molecular weight is 200 g/mol. The first-order chi connectivity index (χ1) is 7.36. The predicted octanol–water partition coefficient (Wildman–Crippen LogP) is 0.867. The first kappa shape index (κ1) is 9.45. The first-order valence-corrected chi connectivity index (χ1v) is 4.61. The molecule has 2 heterocycles. The highest BCUT2D eigenvalue weighted by Crippen LogP contribution is 2.03. The number of aromatic nitrogens is 1. The van der Waals surface area contributed by atoms with Crippen LogP contribution in [0.25, 0.3) is 0 Å². The molecule has 0 atom stereocenters. The molecular formula is C11H10N3O. The van der Waals surface area contributed by atoms with Gasteiger partial charge in [-0.3, -0.25) is 4.79 Å². The number of nitrogens with one attached hydrogen (secondary N) is 2. The molecule has 4 heteroatoms. The van der Waals surface area contributed by atoms with E-state index in [1.807, 2.05) is 12.1 Å². The average Bonchev–Trinajstić information content (AvgIpc) is 2.31. The Morgan fingerprint density at radius 2 is 2.47 bits per heavy atom. The van der Waals surface area contributed by atoms with Crippen LogP contribution < -0.4 is 10.6 Å². The minimum absolute atomic E-state index is 0.224. The zero-order valence-corrected chi connectivity index (χ0v) is 8.03. The minimum atomic E-state index is -0.224. The van der Waals surface area contributed by atoms with Crippen molar-refractivity contribution in [2.24, 2.45) is 0 Å². The lowest BCUT2D eigenvalue weighted by molar-refractivity contribution is -0.113. The number of rotatable bonds is 2. The Kier molecular flexibility index (Phi) is 2.78. The maximum Gasteiger partial charge on any atom is 0.273 e. The zero-order chi connectivity index (χ0) is 10.5. The van der Waals surface area contributed by atoms with Gasteiger partial charge in [-0.2, -0.15) is 0 Å². The van der Waals surface area contributed by atoms with Crippen LogP contribution in [0.1, 0.15) is 0 Å². The second kappa shape index (κ2) is 4.41. The van der Waals surface area contributed by atoms with Crippen LogP contribution in [0.15, 0.2) is 42.2 Å². The van der Waals surface area contributed by atoms with Crippen LogP contribution in [-0.4, -0.2) is 17.4 Å². The van der Waals surface area contributed by atoms with Crippen molar-refractivity contribution < 1.29 is 4.79 Å². The van der Waals surface area contributed by atoms with Crippen LogP contribution >= 0.6 is 0 Å². The highest BCUT2D eigenvalue weighted by Gasteiger charge is 2.10. The summed E-state index contributed by atoms with van der Waals surface area (Å²) in [5, 5.41) is 5.58. The summed E-state index contributed by atoms with van der Waals surface area (Å²) in [4.78, 5) is 15.6. The summed E-state index contributed by atoms with van der Waals surface area (Å²) >= 11 is 0. The van der Waals surface area contributed by atoms with E-state index in [1.165, 1.54) is 0 Å². The highest BCUT2D eigenvalue weighted by atomic mass is 16.2. The van der Waals surface area contributed by atoms with Gasteiger partial charge in [0.2, 0.25) is 0 Å². The molecule has 1 amide bonds. The molecule has 0 saturated carbocycles. The maximum atomic E-state index is 11.6. The van der Waals surface area contributed by atoms with Crippen LogP contribution in [-0.2, 0) is 4.79 Å². The van der Waals surface area contributed by atoms with Crippen LogP contribution in [0.4, 0.5) is 5.82 Å². The fraction of sp³-hybridized carbons (Fsp3) is 0.0909. The molecule has 1 aromatic heterocycles. The molecule has 75 valence electrons. The summed E-state index contributed by atoms with van der Waals surface area (Å²) in [6.07, 6.45) is 8.06. The quantitative estimate of drug-likeness (QED) is 0.744. The number of anilines is 1. The fourth-order valence-corrected chi connectivity index (χ4v) is 1.17. The number of nitrogens with zero attached hydrogens (tertiary/aromatic N) is 1. The molecule has 1 radical (unpaired) electrons. The van der Waals surface area contributed by atoms with Crippen LogP contribution in [0.5, 0.6) is 0 Å². The summed E-state index contributed by atoms with van der Waals surface area (Å²) in [6, 6.07) is 5.34. The number of allylic oxidation sites excluding steroid dienone is 2. The standard InChI is InChI=1S/C11H10N3O/c15-11(9-5-1-3-7-12-9)14-10-6-2-4-8-13-10/h1-4,6,8,12H,7H2,(H,13,14,15). The Morgan fingerprint density at radius 3 is 3.13 bits per heavy atom. The predicted molar refractivity (Wildman–Crippen MR) is 56.8 cm³/mol. The molecule has 0 aliphatic carbocycles. The lowest BCUT2D eigenvalue weighted by Crippen LogP contribution is -2.27. The molecule has 2 N–H and O–H groups in total. The van der Waals surface area contributed by atoms with Gasteiger partial charge in [-0.05, 0) is 12.1 Å². The van der Waals surface area contributed by atoms with Gasteiger partial charge in [0, 0.05) is 18.8 Å². The molecule has 15 heavy (non-hydrogen) atoms. The molecule has 1 aromatic rings. The minimum Gasteiger partial charge on any atom is -0.377 e. The Hall–Kier alpha value is -2.10. The van der Waals surface area contributed by atoms with E-state index >= 15 is 0 Å². The van der Waals surface area contributed by atoms with Crippen molar-refractivity contribution in [2.75, 3.05) is 11.9 Å². The summed E-state index contributed by atoms with van der Waals surface area (Å²) in [7, 11) is 0. The number of pyridine rings is 1. The lowest BCUT2D eigenvalue weighted by atomic mass is 10.3. The summed E-state index contributed by atoms with van der Waals surface area (Å²) in [5.74, 6) is 0.311. The van der Waals surface area contributed by atoms with Crippen LogP contribution in [0.2, 0.25) is 0 Å². The monoisotopic (exact) mass is 200 g/mol.